The quantitative estimate of drug-likeness (QED) is 0.536. The van der Waals surface area contributed by atoms with E-state index in [4.69, 9.17) is 0 Å². The van der Waals surface area contributed by atoms with E-state index in [0.29, 0.717) is 0 Å². The Morgan fingerprint density at radius 1 is 1.30 bits per heavy atom. The predicted octanol–water partition coefficient (Wildman–Crippen LogP) is 1.60. The summed E-state index contributed by atoms with van der Waals surface area (Å²) in [6.07, 6.45) is 8.24. The molecule has 2 unspecified atom stereocenters. The molecule has 1 heterocycles. The average Bonchev–Trinajstić information content (AvgIpc) is 2.05. The number of fused-ring (bicyclic) bond motifs is 1. The molecule has 2 atom stereocenters. The van der Waals surface area contributed by atoms with Crippen molar-refractivity contribution in [1.29, 1.82) is 0 Å². The summed E-state index contributed by atoms with van der Waals surface area (Å²) in [5.41, 5.74) is 0. The van der Waals surface area contributed by atoms with Crippen molar-refractivity contribution in [3.8, 4) is 0 Å². The van der Waals surface area contributed by atoms with Crippen LogP contribution in [0, 0.1) is 18.3 Å². The first-order valence-electron chi connectivity index (χ1n) is 4.51. The van der Waals surface area contributed by atoms with E-state index in [1.165, 1.54) is 38.8 Å². The van der Waals surface area contributed by atoms with Gasteiger partial charge in [-0.3, -0.25) is 0 Å². The molecule has 1 saturated heterocycles. The highest BCUT2D eigenvalue weighted by Crippen LogP contribution is 2.32. The van der Waals surface area contributed by atoms with Crippen LogP contribution in [0.3, 0.4) is 0 Å². The van der Waals surface area contributed by atoms with Crippen LogP contribution in [0.25, 0.3) is 0 Å². The van der Waals surface area contributed by atoms with Crippen LogP contribution in [-0.4, -0.2) is 13.1 Å². The van der Waals surface area contributed by atoms with E-state index in [-0.39, 0.29) is 0 Å². The number of nitrogens with one attached hydrogen (secondary N) is 1. The fourth-order valence-corrected chi connectivity index (χ4v) is 2.28. The molecule has 57 valence electrons. The first-order valence-corrected chi connectivity index (χ1v) is 4.51. The molecule has 1 nitrogen and oxygen atoms in total. The van der Waals surface area contributed by atoms with E-state index in [9.17, 15) is 0 Å². The van der Waals surface area contributed by atoms with Crippen molar-refractivity contribution in [2.45, 2.75) is 25.7 Å². The highest BCUT2D eigenvalue weighted by molar-refractivity contribution is 4.91. The number of hydrogen-bond donors (Lipinski definition) is 1. The standard InChI is InChI=1S/C9H16N/c1-2-4-9-7-10-6-5-8(9)3-1/h4,8-10H,1-3,5-7H2. The van der Waals surface area contributed by atoms with Gasteiger partial charge >= 0.3 is 0 Å². The van der Waals surface area contributed by atoms with Crippen LogP contribution in [0.4, 0.5) is 0 Å². The van der Waals surface area contributed by atoms with Gasteiger partial charge in [-0.2, -0.15) is 0 Å². The Kier molecular flexibility index (Phi) is 1.94. The van der Waals surface area contributed by atoms with Crippen LogP contribution in [0.5, 0.6) is 0 Å². The van der Waals surface area contributed by atoms with Crippen molar-refractivity contribution < 1.29 is 0 Å². The number of piperidine rings is 1. The van der Waals surface area contributed by atoms with Crippen molar-refractivity contribution in [2.75, 3.05) is 13.1 Å². The topological polar surface area (TPSA) is 12.0 Å². The van der Waals surface area contributed by atoms with Gasteiger partial charge < -0.3 is 5.32 Å². The third-order valence-electron chi connectivity index (χ3n) is 2.93. The molecular weight excluding hydrogens is 122 g/mol. The molecular formula is C9H16N. The lowest BCUT2D eigenvalue weighted by Crippen LogP contribution is -2.38. The normalized spacial score (nSPS) is 40.8. The molecule has 0 aromatic rings. The van der Waals surface area contributed by atoms with Crippen molar-refractivity contribution in [1.82, 2.24) is 5.32 Å². The van der Waals surface area contributed by atoms with Crippen molar-refractivity contribution in [3.05, 3.63) is 6.42 Å². The fraction of sp³-hybridized carbons (Fsp3) is 0.889. The minimum atomic E-state index is 0.919. The third-order valence-corrected chi connectivity index (χ3v) is 2.93. The Balaban J connectivity index is 1.93. The summed E-state index contributed by atoms with van der Waals surface area (Å²) in [7, 11) is 0. The summed E-state index contributed by atoms with van der Waals surface area (Å²) in [5.74, 6) is 1.96. The van der Waals surface area contributed by atoms with Crippen LogP contribution >= 0.6 is 0 Å². The number of rotatable bonds is 0. The summed E-state index contributed by atoms with van der Waals surface area (Å²) in [6, 6.07) is 0. The summed E-state index contributed by atoms with van der Waals surface area (Å²) < 4.78 is 0. The van der Waals surface area contributed by atoms with E-state index in [0.717, 1.165) is 11.8 Å². The van der Waals surface area contributed by atoms with Gasteiger partial charge in [0.2, 0.25) is 0 Å². The number of hydrogen-bond acceptors (Lipinski definition) is 1. The van der Waals surface area contributed by atoms with Gasteiger partial charge in [-0.25, -0.2) is 0 Å². The molecule has 2 rings (SSSR count). The van der Waals surface area contributed by atoms with Crippen molar-refractivity contribution in [3.63, 3.8) is 0 Å². The van der Waals surface area contributed by atoms with Crippen LogP contribution in [0.1, 0.15) is 25.7 Å². The molecule has 1 heteroatoms. The highest BCUT2D eigenvalue weighted by atomic mass is 14.9. The molecule has 2 fully saturated rings. The maximum atomic E-state index is 3.45. The van der Waals surface area contributed by atoms with Crippen LogP contribution in [0.15, 0.2) is 0 Å². The van der Waals surface area contributed by atoms with E-state index >= 15 is 0 Å². The Labute approximate surface area is 63.2 Å². The second-order valence-electron chi connectivity index (χ2n) is 3.58. The largest absolute Gasteiger partial charge is 0.316 e. The van der Waals surface area contributed by atoms with Crippen LogP contribution in [0.2, 0.25) is 0 Å². The van der Waals surface area contributed by atoms with Gasteiger partial charge in [0.15, 0.2) is 0 Å². The van der Waals surface area contributed by atoms with Gasteiger partial charge in [0.1, 0.15) is 0 Å². The zero-order valence-corrected chi connectivity index (χ0v) is 6.47. The molecule has 0 spiro atoms. The average molecular weight is 138 g/mol. The summed E-state index contributed by atoms with van der Waals surface area (Å²) in [6.45, 7) is 2.51. The highest BCUT2D eigenvalue weighted by Gasteiger charge is 2.26. The molecule has 1 aliphatic heterocycles. The maximum absolute atomic E-state index is 3.45. The van der Waals surface area contributed by atoms with E-state index in [1.807, 2.05) is 0 Å². The zero-order chi connectivity index (χ0) is 6.81. The van der Waals surface area contributed by atoms with Gasteiger partial charge in [-0.15, -0.1) is 0 Å². The molecule has 0 aromatic carbocycles. The summed E-state index contributed by atoms with van der Waals surface area (Å²) in [5, 5.41) is 3.45. The summed E-state index contributed by atoms with van der Waals surface area (Å²) in [4.78, 5) is 0. The van der Waals surface area contributed by atoms with E-state index < -0.39 is 0 Å². The van der Waals surface area contributed by atoms with Gasteiger partial charge in [0.25, 0.3) is 0 Å². The lowest BCUT2D eigenvalue weighted by atomic mass is 9.76. The van der Waals surface area contributed by atoms with Gasteiger partial charge in [0, 0.05) is 0 Å². The van der Waals surface area contributed by atoms with E-state index in [2.05, 4.69) is 11.7 Å². The monoisotopic (exact) mass is 138 g/mol. The molecule has 1 aliphatic carbocycles. The second kappa shape index (κ2) is 2.91. The third kappa shape index (κ3) is 1.20. The lowest BCUT2D eigenvalue weighted by molar-refractivity contribution is 0.233. The SMILES string of the molecule is [CH]1CCCC2CCNCC12. The first-order chi connectivity index (χ1) is 4.97. The van der Waals surface area contributed by atoms with E-state index in [1.54, 1.807) is 0 Å². The minimum absolute atomic E-state index is 0.919. The molecule has 0 bridgehead atoms. The van der Waals surface area contributed by atoms with Crippen molar-refractivity contribution in [2.24, 2.45) is 11.8 Å². The molecule has 2 aliphatic rings. The van der Waals surface area contributed by atoms with Crippen molar-refractivity contribution >= 4 is 0 Å². The fourth-order valence-electron chi connectivity index (χ4n) is 2.28. The Bertz CT molecular complexity index is 85.3. The van der Waals surface area contributed by atoms with Gasteiger partial charge in [-0.05, 0) is 44.2 Å². The Morgan fingerprint density at radius 3 is 3.20 bits per heavy atom. The molecule has 1 radical (unpaired) electrons. The molecule has 10 heavy (non-hydrogen) atoms. The van der Waals surface area contributed by atoms with Crippen LogP contribution < -0.4 is 5.32 Å². The molecule has 1 N–H and O–H groups in total. The Morgan fingerprint density at radius 2 is 2.30 bits per heavy atom. The molecule has 0 amide bonds. The second-order valence-corrected chi connectivity index (χ2v) is 3.58. The smallest absolute Gasteiger partial charge is 0.00151 e. The zero-order valence-electron chi connectivity index (χ0n) is 6.47. The summed E-state index contributed by atoms with van der Waals surface area (Å²) >= 11 is 0. The molecule has 1 saturated carbocycles. The first kappa shape index (κ1) is 6.66. The van der Waals surface area contributed by atoms with Gasteiger partial charge in [-0.1, -0.05) is 12.8 Å². The predicted molar refractivity (Wildman–Crippen MR) is 42.6 cm³/mol. The maximum Gasteiger partial charge on any atom is -0.00151 e. The van der Waals surface area contributed by atoms with Gasteiger partial charge in [0.05, 0.1) is 0 Å². The lowest BCUT2D eigenvalue weighted by Gasteiger charge is -2.35. The van der Waals surface area contributed by atoms with Crippen LogP contribution in [-0.2, 0) is 0 Å². The Hall–Kier alpha value is -0.0400. The minimum Gasteiger partial charge on any atom is -0.316 e. The molecule has 0 aromatic heterocycles.